The molecule has 2 aromatic rings. The second kappa shape index (κ2) is 9.27. The fourth-order valence-corrected chi connectivity index (χ4v) is 3.08. The minimum atomic E-state index is 0.672. The van der Waals surface area contributed by atoms with Gasteiger partial charge in [-0.1, -0.05) is 31.2 Å². The van der Waals surface area contributed by atoms with Crippen LogP contribution in [0.1, 0.15) is 30.7 Å². The lowest BCUT2D eigenvalue weighted by Crippen LogP contribution is -2.36. The lowest BCUT2D eigenvalue weighted by molar-refractivity contribution is 0.801. The summed E-state index contributed by atoms with van der Waals surface area (Å²) in [7, 11) is 4.01. The second-order valence-corrected chi connectivity index (χ2v) is 6.52. The monoisotopic (exact) mass is 345 g/mol. The first-order chi connectivity index (χ1) is 11.6. The highest BCUT2D eigenvalue weighted by Gasteiger charge is 2.05. The predicted octanol–water partition coefficient (Wildman–Crippen LogP) is 3.03. The number of aliphatic imine (C=N–C) groups is 1. The standard InChI is InChI=1S/C18H27N5S/c1-5-14-9-7-8-10-15(14)11-20-17(19-6-2)21-12-16-13-24-18(22-16)23(3)4/h7-10,13H,5-6,11-12H2,1-4H3,(H2,19,20,21). The van der Waals surface area contributed by atoms with Gasteiger partial charge in [-0.15, -0.1) is 11.3 Å². The molecule has 0 aliphatic heterocycles. The summed E-state index contributed by atoms with van der Waals surface area (Å²) in [5, 5.41) is 9.76. The Bertz CT molecular complexity index is 663. The summed E-state index contributed by atoms with van der Waals surface area (Å²) in [6.07, 6.45) is 1.03. The largest absolute Gasteiger partial charge is 0.357 e. The third kappa shape index (κ3) is 5.23. The fourth-order valence-electron chi connectivity index (χ4n) is 2.32. The van der Waals surface area contributed by atoms with Crippen LogP contribution in [-0.4, -0.2) is 31.6 Å². The number of anilines is 1. The van der Waals surface area contributed by atoms with Crippen molar-refractivity contribution in [2.45, 2.75) is 33.4 Å². The summed E-state index contributed by atoms with van der Waals surface area (Å²) in [6, 6.07) is 8.47. The molecule has 0 aliphatic rings. The Kier molecular flexibility index (Phi) is 7.06. The van der Waals surface area contributed by atoms with Crippen molar-refractivity contribution in [2.75, 3.05) is 25.5 Å². The highest BCUT2D eigenvalue weighted by molar-refractivity contribution is 7.13. The van der Waals surface area contributed by atoms with E-state index >= 15 is 0 Å². The smallest absolute Gasteiger partial charge is 0.191 e. The quantitative estimate of drug-likeness (QED) is 0.598. The van der Waals surface area contributed by atoms with Gasteiger partial charge in [0.15, 0.2) is 11.1 Å². The normalized spacial score (nSPS) is 11.4. The Balaban J connectivity index is 1.99. The van der Waals surface area contributed by atoms with Gasteiger partial charge < -0.3 is 15.5 Å². The van der Waals surface area contributed by atoms with E-state index in [0.717, 1.165) is 29.8 Å². The van der Waals surface area contributed by atoms with Crippen LogP contribution < -0.4 is 15.5 Å². The number of hydrogen-bond donors (Lipinski definition) is 2. The molecule has 24 heavy (non-hydrogen) atoms. The number of guanidine groups is 1. The van der Waals surface area contributed by atoms with Crippen molar-refractivity contribution >= 4 is 22.4 Å². The molecule has 1 heterocycles. The molecule has 0 unspecified atom stereocenters. The summed E-state index contributed by atoms with van der Waals surface area (Å²) < 4.78 is 0. The summed E-state index contributed by atoms with van der Waals surface area (Å²) in [6.45, 7) is 6.44. The van der Waals surface area contributed by atoms with Gasteiger partial charge in [0.25, 0.3) is 0 Å². The molecule has 2 N–H and O–H groups in total. The van der Waals surface area contributed by atoms with Gasteiger partial charge in [-0.05, 0) is 24.5 Å². The first-order valence-electron chi connectivity index (χ1n) is 8.34. The molecule has 2 rings (SSSR count). The van der Waals surface area contributed by atoms with E-state index in [1.165, 1.54) is 11.1 Å². The van der Waals surface area contributed by atoms with Crippen molar-refractivity contribution in [1.29, 1.82) is 0 Å². The van der Waals surface area contributed by atoms with Crippen molar-refractivity contribution in [3.63, 3.8) is 0 Å². The van der Waals surface area contributed by atoms with Crippen LogP contribution in [0.3, 0.4) is 0 Å². The number of aryl methyl sites for hydroxylation is 1. The lowest BCUT2D eigenvalue weighted by Gasteiger charge is -2.11. The van der Waals surface area contributed by atoms with Crippen LogP contribution in [0, 0.1) is 0 Å². The average molecular weight is 346 g/mol. The molecule has 0 saturated carbocycles. The number of nitrogens with one attached hydrogen (secondary N) is 2. The molecule has 5 nitrogen and oxygen atoms in total. The maximum Gasteiger partial charge on any atom is 0.191 e. The SMILES string of the molecule is CCNC(=NCc1ccccc1CC)NCc1csc(N(C)C)n1. The maximum absolute atomic E-state index is 4.71. The van der Waals surface area contributed by atoms with E-state index in [-0.39, 0.29) is 0 Å². The molecule has 0 atom stereocenters. The van der Waals surface area contributed by atoms with E-state index in [1.54, 1.807) is 11.3 Å². The van der Waals surface area contributed by atoms with Gasteiger partial charge in [0.05, 0.1) is 18.8 Å². The number of aromatic nitrogens is 1. The summed E-state index contributed by atoms with van der Waals surface area (Å²) in [5.74, 6) is 0.822. The molecule has 0 amide bonds. The second-order valence-electron chi connectivity index (χ2n) is 5.69. The molecular weight excluding hydrogens is 318 g/mol. The Morgan fingerprint density at radius 2 is 1.92 bits per heavy atom. The molecule has 6 heteroatoms. The molecule has 1 aromatic heterocycles. The van der Waals surface area contributed by atoms with E-state index in [1.807, 2.05) is 19.0 Å². The van der Waals surface area contributed by atoms with E-state index in [2.05, 4.69) is 59.1 Å². The van der Waals surface area contributed by atoms with Crippen molar-refractivity contribution in [3.8, 4) is 0 Å². The van der Waals surface area contributed by atoms with Crippen LogP contribution in [0.4, 0.5) is 5.13 Å². The topological polar surface area (TPSA) is 52.6 Å². The molecular formula is C18H27N5S. The third-order valence-electron chi connectivity index (χ3n) is 3.61. The predicted molar refractivity (Wildman–Crippen MR) is 104 cm³/mol. The van der Waals surface area contributed by atoms with Gasteiger partial charge in [-0.3, -0.25) is 0 Å². The number of rotatable bonds is 7. The molecule has 0 spiro atoms. The van der Waals surface area contributed by atoms with Crippen LogP contribution in [0.2, 0.25) is 0 Å². The Hall–Kier alpha value is -2.08. The van der Waals surface area contributed by atoms with Gasteiger partial charge in [0.2, 0.25) is 0 Å². The molecule has 0 bridgehead atoms. The Morgan fingerprint density at radius 3 is 2.54 bits per heavy atom. The number of benzene rings is 1. The highest BCUT2D eigenvalue weighted by atomic mass is 32.1. The Morgan fingerprint density at radius 1 is 1.17 bits per heavy atom. The van der Waals surface area contributed by atoms with E-state index in [9.17, 15) is 0 Å². The van der Waals surface area contributed by atoms with Crippen molar-refractivity contribution in [1.82, 2.24) is 15.6 Å². The van der Waals surface area contributed by atoms with Gasteiger partial charge in [-0.25, -0.2) is 9.98 Å². The van der Waals surface area contributed by atoms with Crippen molar-refractivity contribution in [3.05, 3.63) is 46.5 Å². The van der Waals surface area contributed by atoms with Crippen LogP contribution in [-0.2, 0) is 19.5 Å². The van der Waals surface area contributed by atoms with E-state index < -0.39 is 0 Å². The van der Waals surface area contributed by atoms with E-state index in [0.29, 0.717) is 13.1 Å². The first kappa shape index (κ1) is 18.3. The van der Waals surface area contributed by atoms with Crippen LogP contribution in [0.5, 0.6) is 0 Å². The highest BCUT2D eigenvalue weighted by Crippen LogP contribution is 2.17. The molecule has 0 aliphatic carbocycles. The third-order valence-corrected chi connectivity index (χ3v) is 4.67. The average Bonchev–Trinajstić information content (AvgIpc) is 3.07. The Labute approximate surface area is 148 Å². The minimum absolute atomic E-state index is 0.672. The van der Waals surface area contributed by atoms with Crippen molar-refractivity contribution in [2.24, 2.45) is 4.99 Å². The number of thiazole rings is 1. The van der Waals surface area contributed by atoms with Crippen molar-refractivity contribution < 1.29 is 0 Å². The van der Waals surface area contributed by atoms with Gasteiger partial charge in [-0.2, -0.15) is 0 Å². The van der Waals surface area contributed by atoms with Gasteiger partial charge in [0.1, 0.15) is 0 Å². The summed E-state index contributed by atoms with van der Waals surface area (Å²) >= 11 is 1.65. The zero-order valence-corrected chi connectivity index (χ0v) is 15.8. The zero-order valence-electron chi connectivity index (χ0n) is 15.0. The van der Waals surface area contributed by atoms with Crippen LogP contribution in [0.15, 0.2) is 34.6 Å². The summed E-state index contributed by atoms with van der Waals surface area (Å²) in [5.41, 5.74) is 3.66. The van der Waals surface area contributed by atoms with Gasteiger partial charge >= 0.3 is 0 Å². The lowest BCUT2D eigenvalue weighted by atomic mass is 10.1. The number of nitrogens with zero attached hydrogens (tertiary/aromatic N) is 3. The minimum Gasteiger partial charge on any atom is -0.357 e. The van der Waals surface area contributed by atoms with Crippen LogP contribution in [0.25, 0.3) is 0 Å². The van der Waals surface area contributed by atoms with Gasteiger partial charge in [0, 0.05) is 26.0 Å². The fraction of sp³-hybridized carbons (Fsp3) is 0.444. The molecule has 130 valence electrons. The molecule has 0 fully saturated rings. The summed E-state index contributed by atoms with van der Waals surface area (Å²) in [4.78, 5) is 11.3. The first-order valence-corrected chi connectivity index (χ1v) is 9.22. The molecule has 1 aromatic carbocycles. The van der Waals surface area contributed by atoms with E-state index in [4.69, 9.17) is 4.99 Å². The maximum atomic E-state index is 4.71. The molecule has 0 radical (unpaired) electrons. The zero-order chi connectivity index (χ0) is 17.4. The molecule has 0 saturated heterocycles. The van der Waals surface area contributed by atoms with Crippen LogP contribution >= 0.6 is 11.3 Å². The number of hydrogen-bond acceptors (Lipinski definition) is 4.